The highest BCUT2D eigenvalue weighted by molar-refractivity contribution is 6.30. The molecule has 1 fully saturated rings. The summed E-state index contributed by atoms with van der Waals surface area (Å²) < 4.78 is 0. The number of alkyl halides is 1. The van der Waals surface area contributed by atoms with E-state index in [2.05, 4.69) is 5.32 Å². The van der Waals surface area contributed by atoms with Gasteiger partial charge in [-0.25, -0.2) is 0 Å². The first-order valence-corrected chi connectivity index (χ1v) is 6.70. The Balaban J connectivity index is 2.08. The normalized spacial score (nSPS) is 18.0. The van der Waals surface area contributed by atoms with Crippen LogP contribution in [0.2, 0.25) is 5.02 Å². The van der Waals surface area contributed by atoms with E-state index in [9.17, 15) is 4.79 Å². The van der Waals surface area contributed by atoms with Crippen molar-refractivity contribution >= 4 is 29.1 Å². The van der Waals surface area contributed by atoms with Crippen LogP contribution in [0.3, 0.4) is 0 Å². The molecular weight excluding hydrogens is 257 g/mol. The second-order valence-electron chi connectivity index (χ2n) is 4.58. The van der Waals surface area contributed by atoms with E-state index >= 15 is 0 Å². The molecule has 1 aliphatic carbocycles. The number of halogens is 2. The second-order valence-corrected chi connectivity index (χ2v) is 5.29. The smallest absolute Gasteiger partial charge is 0.251 e. The van der Waals surface area contributed by atoms with Crippen molar-refractivity contribution in [1.82, 2.24) is 5.32 Å². The number of amides is 1. The van der Waals surface area contributed by atoms with E-state index in [-0.39, 0.29) is 11.4 Å². The Morgan fingerprint density at radius 2 is 1.82 bits per heavy atom. The van der Waals surface area contributed by atoms with E-state index in [0.29, 0.717) is 16.5 Å². The Morgan fingerprint density at radius 1 is 1.24 bits per heavy atom. The average Bonchev–Trinajstić information content (AvgIpc) is 2.79. The fraction of sp³-hybridized carbons (Fsp3) is 0.462. The minimum Gasteiger partial charge on any atom is -0.345 e. The molecule has 0 aromatic heterocycles. The van der Waals surface area contributed by atoms with Gasteiger partial charge in [0.05, 0.1) is 5.54 Å². The maximum atomic E-state index is 12.1. The molecule has 4 heteroatoms. The summed E-state index contributed by atoms with van der Waals surface area (Å²) in [6.45, 7) is 0. The minimum absolute atomic E-state index is 0.0655. The molecule has 1 amide bonds. The van der Waals surface area contributed by atoms with Crippen LogP contribution in [0.25, 0.3) is 0 Å². The van der Waals surface area contributed by atoms with Crippen molar-refractivity contribution < 1.29 is 4.79 Å². The highest BCUT2D eigenvalue weighted by Gasteiger charge is 2.34. The van der Waals surface area contributed by atoms with Crippen molar-refractivity contribution in [3.05, 3.63) is 34.9 Å². The molecule has 0 unspecified atom stereocenters. The van der Waals surface area contributed by atoms with E-state index in [0.717, 1.165) is 25.7 Å². The first-order valence-electron chi connectivity index (χ1n) is 5.79. The van der Waals surface area contributed by atoms with Gasteiger partial charge in [0.1, 0.15) is 0 Å². The summed E-state index contributed by atoms with van der Waals surface area (Å²) in [6.07, 6.45) is 4.20. The van der Waals surface area contributed by atoms with Crippen molar-refractivity contribution in [2.45, 2.75) is 31.2 Å². The van der Waals surface area contributed by atoms with Crippen LogP contribution in [-0.2, 0) is 0 Å². The maximum absolute atomic E-state index is 12.1. The average molecular weight is 272 g/mol. The van der Waals surface area contributed by atoms with Gasteiger partial charge in [-0.2, -0.15) is 0 Å². The molecule has 0 aliphatic heterocycles. The van der Waals surface area contributed by atoms with Crippen molar-refractivity contribution in [2.24, 2.45) is 0 Å². The highest BCUT2D eigenvalue weighted by Crippen LogP contribution is 2.31. The largest absolute Gasteiger partial charge is 0.345 e. The lowest BCUT2D eigenvalue weighted by atomic mass is 9.99. The van der Waals surface area contributed by atoms with Gasteiger partial charge in [0.25, 0.3) is 5.91 Å². The van der Waals surface area contributed by atoms with Crippen LogP contribution < -0.4 is 5.32 Å². The van der Waals surface area contributed by atoms with Gasteiger partial charge in [-0.3, -0.25) is 4.79 Å². The van der Waals surface area contributed by atoms with Crippen LogP contribution in [0.5, 0.6) is 0 Å². The lowest BCUT2D eigenvalue weighted by molar-refractivity contribution is 0.0909. The van der Waals surface area contributed by atoms with Crippen LogP contribution in [-0.4, -0.2) is 17.3 Å². The molecule has 92 valence electrons. The molecule has 2 rings (SSSR count). The summed E-state index contributed by atoms with van der Waals surface area (Å²) in [5.41, 5.74) is 0.420. The summed E-state index contributed by atoms with van der Waals surface area (Å²) in [7, 11) is 0. The van der Waals surface area contributed by atoms with Gasteiger partial charge in [-0.05, 0) is 37.1 Å². The first-order chi connectivity index (χ1) is 8.15. The molecule has 0 bridgehead atoms. The van der Waals surface area contributed by atoms with Gasteiger partial charge in [-0.1, -0.05) is 24.4 Å². The Bertz CT molecular complexity index is 396. The SMILES string of the molecule is O=C(NC1(CCl)CCCC1)c1ccc(Cl)cc1. The fourth-order valence-electron chi connectivity index (χ4n) is 2.26. The number of hydrogen-bond donors (Lipinski definition) is 1. The van der Waals surface area contributed by atoms with E-state index in [1.165, 1.54) is 0 Å². The van der Waals surface area contributed by atoms with Crippen molar-refractivity contribution in [3.8, 4) is 0 Å². The van der Waals surface area contributed by atoms with Crippen LogP contribution in [0, 0.1) is 0 Å². The van der Waals surface area contributed by atoms with Crippen molar-refractivity contribution in [1.29, 1.82) is 0 Å². The molecule has 17 heavy (non-hydrogen) atoms. The zero-order valence-corrected chi connectivity index (χ0v) is 11.0. The zero-order chi connectivity index (χ0) is 12.3. The Morgan fingerprint density at radius 3 is 2.35 bits per heavy atom. The third-order valence-electron chi connectivity index (χ3n) is 3.30. The Labute approximate surface area is 111 Å². The third-order valence-corrected chi connectivity index (χ3v) is 4.07. The molecule has 0 saturated heterocycles. The lowest BCUT2D eigenvalue weighted by Gasteiger charge is -2.27. The van der Waals surface area contributed by atoms with Crippen molar-refractivity contribution in [2.75, 3.05) is 5.88 Å². The summed E-state index contributed by atoms with van der Waals surface area (Å²) in [4.78, 5) is 12.1. The monoisotopic (exact) mass is 271 g/mol. The van der Waals surface area contributed by atoms with Crippen molar-refractivity contribution in [3.63, 3.8) is 0 Å². The van der Waals surface area contributed by atoms with E-state index in [4.69, 9.17) is 23.2 Å². The molecule has 1 aromatic rings. The standard InChI is InChI=1S/C13H15Cl2NO/c14-9-13(7-1-2-8-13)16-12(17)10-3-5-11(15)6-4-10/h3-6H,1-2,7-9H2,(H,16,17). The third kappa shape index (κ3) is 2.93. The Hall–Kier alpha value is -0.730. The second kappa shape index (κ2) is 5.28. The summed E-state index contributed by atoms with van der Waals surface area (Å²) in [6, 6.07) is 6.90. The molecule has 2 nitrogen and oxygen atoms in total. The number of carbonyl (C=O) groups excluding carboxylic acids is 1. The quantitative estimate of drug-likeness (QED) is 0.836. The zero-order valence-electron chi connectivity index (χ0n) is 9.51. The van der Waals surface area contributed by atoms with Crippen LogP contribution >= 0.6 is 23.2 Å². The Kier molecular flexibility index (Phi) is 3.95. The number of nitrogens with one attached hydrogen (secondary N) is 1. The predicted molar refractivity (Wildman–Crippen MR) is 70.8 cm³/mol. The maximum Gasteiger partial charge on any atom is 0.251 e. The predicted octanol–water partition coefficient (Wildman–Crippen LogP) is 3.62. The molecule has 1 aliphatic rings. The van der Waals surface area contributed by atoms with Gasteiger partial charge in [-0.15, -0.1) is 11.6 Å². The first kappa shape index (κ1) is 12.7. The van der Waals surface area contributed by atoms with Crippen LogP contribution in [0.1, 0.15) is 36.0 Å². The summed E-state index contributed by atoms with van der Waals surface area (Å²) in [5.74, 6) is 0.413. The summed E-state index contributed by atoms with van der Waals surface area (Å²) in [5, 5.41) is 3.70. The highest BCUT2D eigenvalue weighted by atomic mass is 35.5. The lowest BCUT2D eigenvalue weighted by Crippen LogP contribution is -2.47. The molecule has 1 aromatic carbocycles. The number of rotatable bonds is 3. The molecule has 0 radical (unpaired) electrons. The van der Waals surface area contributed by atoms with Gasteiger partial charge in [0, 0.05) is 16.5 Å². The minimum atomic E-state index is -0.210. The van der Waals surface area contributed by atoms with Crippen LogP contribution in [0.4, 0.5) is 0 Å². The number of benzene rings is 1. The van der Waals surface area contributed by atoms with Gasteiger partial charge in [0.2, 0.25) is 0 Å². The van der Waals surface area contributed by atoms with Gasteiger partial charge < -0.3 is 5.32 Å². The van der Waals surface area contributed by atoms with Crippen LogP contribution in [0.15, 0.2) is 24.3 Å². The van der Waals surface area contributed by atoms with E-state index in [1.807, 2.05) is 0 Å². The molecule has 1 saturated carbocycles. The fourth-order valence-corrected chi connectivity index (χ4v) is 2.72. The van der Waals surface area contributed by atoms with E-state index in [1.54, 1.807) is 24.3 Å². The van der Waals surface area contributed by atoms with Gasteiger partial charge >= 0.3 is 0 Å². The molecule has 0 atom stereocenters. The molecular formula is C13H15Cl2NO. The number of hydrogen-bond acceptors (Lipinski definition) is 1. The van der Waals surface area contributed by atoms with E-state index < -0.39 is 0 Å². The molecule has 1 N–H and O–H groups in total. The molecule has 0 heterocycles. The summed E-state index contributed by atoms with van der Waals surface area (Å²) >= 11 is 11.8. The topological polar surface area (TPSA) is 29.1 Å². The van der Waals surface area contributed by atoms with Gasteiger partial charge in [0.15, 0.2) is 0 Å². The number of carbonyl (C=O) groups is 1. The molecule has 0 spiro atoms.